The monoisotopic (exact) mass is 271 g/mol. The van der Waals surface area contributed by atoms with Gasteiger partial charge in [-0.25, -0.2) is 14.4 Å². The van der Waals surface area contributed by atoms with E-state index in [0.717, 1.165) is 20.8 Å². The Morgan fingerprint density at radius 3 is 2.58 bits per heavy atom. The molecule has 0 saturated carbocycles. The molecule has 94 valence electrons. The Morgan fingerprint density at radius 1 is 1.00 bits per heavy atom. The van der Waals surface area contributed by atoms with Gasteiger partial charge in [0.25, 0.3) is 0 Å². The predicted octanol–water partition coefficient (Wildman–Crippen LogP) is 3.50. The van der Waals surface area contributed by atoms with Crippen LogP contribution in [0.3, 0.4) is 0 Å². The summed E-state index contributed by atoms with van der Waals surface area (Å²) >= 11 is 1.47. The first kappa shape index (κ1) is 11.9. The van der Waals surface area contributed by atoms with E-state index in [4.69, 9.17) is 5.73 Å². The zero-order valence-electron chi connectivity index (χ0n) is 9.88. The normalized spacial score (nSPS) is 10.8. The highest BCUT2D eigenvalue weighted by Gasteiger charge is 2.06. The lowest BCUT2D eigenvalue weighted by Gasteiger charge is -2.05. The average Bonchev–Trinajstić information content (AvgIpc) is 2.41. The lowest BCUT2D eigenvalue weighted by atomic mass is 10.2. The number of nitrogen functional groups attached to an aromatic ring is 1. The molecule has 0 bridgehead atoms. The predicted molar refractivity (Wildman–Crippen MR) is 74.5 cm³/mol. The molecular weight excluding hydrogens is 261 g/mol. The first-order valence-corrected chi connectivity index (χ1v) is 6.48. The third-order valence-electron chi connectivity index (χ3n) is 2.65. The Labute approximate surface area is 113 Å². The van der Waals surface area contributed by atoms with E-state index in [2.05, 4.69) is 9.97 Å². The van der Waals surface area contributed by atoms with E-state index >= 15 is 0 Å². The standard InChI is InChI=1S/C14H10FN3S/c15-9-1-4-11(5-2-9)19-14-12-6-3-10(16)7-13(12)17-8-18-14/h1-8H,16H2. The van der Waals surface area contributed by atoms with Crippen molar-refractivity contribution in [2.24, 2.45) is 0 Å². The molecule has 3 aromatic rings. The van der Waals surface area contributed by atoms with Crippen LogP contribution in [0.5, 0.6) is 0 Å². The Morgan fingerprint density at radius 2 is 1.79 bits per heavy atom. The summed E-state index contributed by atoms with van der Waals surface area (Å²) in [5.74, 6) is -0.246. The van der Waals surface area contributed by atoms with Crippen LogP contribution in [0.4, 0.5) is 10.1 Å². The SMILES string of the molecule is Nc1ccc2c(Sc3ccc(F)cc3)ncnc2c1. The van der Waals surface area contributed by atoms with Crippen molar-refractivity contribution in [2.45, 2.75) is 9.92 Å². The summed E-state index contributed by atoms with van der Waals surface area (Å²) in [4.78, 5) is 9.39. The zero-order chi connectivity index (χ0) is 13.2. The quantitative estimate of drug-likeness (QED) is 0.572. The largest absolute Gasteiger partial charge is 0.399 e. The van der Waals surface area contributed by atoms with E-state index in [9.17, 15) is 4.39 Å². The number of halogens is 1. The Kier molecular flexibility index (Phi) is 3.05. The second-order valence-electron chi connectivity index (χ2n) is 4.01. The summed E-state index contributed by atoms with van der Waals surface area (Å²) in [7, 11) is 0. The maximum atomic E-state index is 12.9. The molecule has 0 atom stereocenters. The summed E-state index contributed by atoms with van der Waals surface area (Å²) in [6.07, 6.45) is 1.51. The number of nitrogens with two attached hydrogens (primary N) is 1. The molecule has 0 aliphatic carbocycles. The minimum atomic E-state index is -0.246. The first-order chi connectivity index (χ1) is 9.22. The van der Waals surface area contributed by atoms with Crippen LogP contribution in [0.1, 0.15) is 0 Å². The van der Waals surface area contributed by atoms with Crippen LogP contribution in [0.15, 0.2) is 58.7 Å². The van der Waals surface area contributed by atoms with E-state index in [0.29, 0.717) is 5.69 Å². The van der Waals surface area contributed by atoms with Gasteiger partial charge in [-0.05, 0) is 42.5 Å². The van der Waals surface area contributed by atoms with Crippen LogP contribution in [-0.4, -0.2) is 9.97 Å². The summed E-state index contributed by atoms with van der Waals surface area (Å²) in [6.45, 7) is 0. The number of anilines is 1. The molecule has 3 rings (SSSR count). The number of rotatable bonds is 2. The van der Waals surface area contributed by atoms with Crippen molar-refractivity contribution in [3.63, 3.8) is 0 Å². The second kappa shape index (κ2) is 4.85. The van der Waals surface area contributed by atoms with Crippen molar-refractivity contribution in [3.05, 3.63) is 54.6 Å². The van der Waals surface area contributed by atoms with Crippen molar-refractivity contribution in [1.82, 2.24) is 9.97 Å². The average molecular weight is 271 g/mol. The fraction of sp³-hybridized carbons (Fsp3) is 0. The minimum Gasteiger partial charge on any atom is -0.399 e. The van der Waals surface area contributed by atoms with Gasteiger partial charge in [0.1, 0.15) is 17.2 Å². The maximum Gasteiger partial charge on any atom is 0.123 e. The van der Waals surface area contributed by atoms with Gasteiger partial charge < -0.3 is 5.73 Å². The van der Waals surface area contributed by atoms with Crippen molar-refractivity contribution in [1.29, 1.82) is 0 Å². The number of nitrogens with zero attached hydrogens (tertiary/aromatic N) is 2. The van der Waals surface area contributed by atoms with Gasteiger partial charge in [0.05, 0.1) is 5.52 Å². The van der Waals surface area contributed by atoms with Gasteiger partial charge >= 0.3 is 0 Å². The summed E-state index contributed by atoms with van der Waals surface area (Å²) in [5, 5.41) is 1.77. The lowest BCUT2D eigenvalue weighted by Crippen LogP contribution is -1.89. The Hall–Kier alpha value is -2.14. The molecule has 0 fully saturated rings. The molecule has 0 aliphatic heterocycles. The third-order valence-corrected chi connectivity index (χ3v) is 3.68. The molecule has 1 aromatic heterocycles. The molecule has 3 nitrogen and oxygen atoms in total. The van der Waals surface area contributed by atoms with Gasteiger partial charge in [0.15, 0.2) is 0 Å². The molecule has 2 aromatic carbocycles. The Bertz CT molecular complexity index is 728. The minimum absolute atomic E-state index is 0.246. The smallest absolute Gasteiger partial charge is 0.123 e. The molecule has 0 aliphatic rings. The van der Waals surface area contributed by atoms with Crippen LogP contribution >= 0.6 is 11.8 Å². The third kappa shape index (κ3) is 2.51. The van der Waals surface area contributed by atoms with Crippen molar-refractivity contribution >= 4 is 28.4 Å². The molecule has 0 amide bonds. The first-order valence-electron chi connectivity index (χ1n) is 5.66. The molecule has 1 heterocycles. The van der Waals surface area contributed by atoms with Crippen LogP contribution in [0.2, 0.25) is 0 Å². The van der Waals surface area contributed by atoms with Crippen LogP contribution in [-0.2, 0) is 0 Å². The fourth-order valence-corrected chi connectivity index (χ4v) is 2.62. The maximum absolute atomic E-state index is 12.9. The van der Waals surface area contributed by atoms with Gasteiger partial charge in [0, 0.05) is 16.0 Å². The molecule has 0 saturated heterocycles. The topological polar surface area (TPSA) is 51.8 Å². The number of hydrogen-bond donors (Lipinski definition) is 1. The molecule has 19 heavy (non-hydrogen) atoms. The van der Waals surface area contributed by atoms with E-state index < -0.39 is 0 Å². The second-order valence-corrected chi connectivity index (χ2v) is 5.07. The van der Waals surface area contributed by atoms with Gasteiger partial charge in [-0.2, -0.15) is 0 Å². The number of aromatic nitrogens is 2. The van der Waals surface area contributed by atoms with E-state index in [1.54, 1.807) is 12.1 Å². The number of benzene rings is 2. The van der Waals surface area contributed by atoms with Crippen LogP contribution < -0.4 is 5.73 Å². The molecule has 5 heteroatoms. The highest BCUT2D eigenvalue weighted by Crippen LogP contribution is 2.31. The van der Waals surface area contributed by atoms with Gasteiger partial charge in [-0.1, -0.05) is 11.8 Å². The number of hydrogen-bond acceptors (Lipinski definition) is 4. The van der Waals surface area contributed by atoms with Gasteiger partial charge in [-0.15, -0.1) is 0 Å². The van der Waals surface area contributed by atoms with Crippen LogP contribution in [0, 0.1) is 5.82 Å². The zero-order valence-corrected chi connectivity index (χ0v) is 10.7. The van der Waals surface area contributed by atoms with E-state index in [-0.39, 0.29) is 5.82 Å². The molecule has 2 N–H and O–H groups in total. The Balaban J connectivity index is 2.03. The fourth-order valence-electron chi connectivity index (χ4n) is 1.74. The lowest BCUT2D eigenvalue weighted by molar-refractivity contribution is 0.626. The van der Waals surface area contributed by atoms with Crippen molar-refractivity contribution in [3.8, 4) is 0 Å². The van der Waals surface area contributed by atoms with Gasteiger partial charge in [-0.3, -0.25) is 0 Å². The molecule has 0 unspecified atom stereocenters. The molecule has 0 spiro atoms. The van der Waals surface area contributed by atoms with E-state index in [1.807, 2.05) is 18.2 Å². The number of fused-ring (bicyclic) bond motifs is 1. The van der Waals surface area contributed by atoms with E-state index in [1.165, 1.54) is 30.2 Å². The van der Waals surface area contributed by atoms with Gasteiger partial charge in [0.2, 0.25) is 0 Å². The summed E-state index contributed by atoms with van der Waals surface area (Å²) in [6, 6.07) is 11.9. The highest BCUT2D eigenvalue weighted by molar-refractivity contribution is 7.99. The van der Waals surface area contributed by atoms with Crippen LogP contribution in [0.25, 0.3) is 10.9 Å². The highest BCUT2D eigenvalue weighted by atomic mass is 32.2. The summed E-state index contributed by atoms with van der Waals surface area (Å²) in [5.41, 5.74) is 7.21. The molecular formula is C14H10FN3S. The summed E-state index contributed by atoms with van der Waals surface area (Å²) < 4.78 is 12.9. The van der Waals surface area contributed by atoms with Crippen molar-refractivity contribution in [2.75, 3.05) is 5.73 Å². The molecule has 0 radical (unpaired) electrons. The van der Waals surface area contributed by atoms with Crippen molar-refractivity contribution < 1.29 is 4.39 Å².